The number of nitrogens with zero attached hydrogens (tertiary/aromatic N) is 4. The molecule has 0 aromatic heterocycles. The summed E-state index contributed by atoms with van der Waals surface area (Å²) in [7, 11) is 0. The molecule has 0 aromatic rings. The second-order valence-electron chi connectivity index (χ2n) is 7.80. The van der Waals surface area contributed by atoms with Crippen molar-refractivity contribution in [3.8, 4) is 0 Å². The molecule has 7 nitrogen and oxygen atoms in total. The first-order chi connectivity index (χ1) is 14.0. The Bertz CT molecular complexity index is 769. The summed E-state index contributed by atoms with van der Waals surface area (Å²) in [6.45, 7) is 9.20. The predicted octanol–water partition coefficient (Wildman–Crippen LogP) is 1.88. The average molecular weight is 406 g/mol. The van der Waals surface area contributed by atoms with E-state index in [0.29, 0.717) is 32.0 Å². The Labute approximate surface area is 169 Å². The van der Waals surface area contributed by atoms with Crippen molar-refractivity contribution >= 4 is 12.2 Å². The summed E-state index contributed by atoms with van der Waals surface area (Å²) in [5.74, 6) is 0.580. The minimum absolute atomic E-state index is 0.0701. The molecule has 4 aliphatic rings. The number of hydrogen-bond acceptors (Lipinski definition) is 7. The van der Waals surface area contributed by atoms with Gasteiger partial charge in [-0.15, -0.1) is 0 Å². The van der Waals surface area contributed by atoms with Gasteiger partial charge in [-0.3, -0.25) is 5.32 Å². The number of likely N-dealkylation sites (tertiary alicyclic amines) is 1. The first-order valence-electron chi connectivity index (χ1n) is 10.1. The van der Waals surface area contributed by atoms with Crippen molar-refractivity contribution < 1.29 is 13.5 Å². The van der Waals surface area contributed by atoms with Crippen LogP contribution in [0.25, 0.3) is 0 Å². The van der Waals surface area contributed by atoms with Gasteiger partial charge in [0.05, 0.1) is 12.3 Å². The SMILES string of the molecule is C=C/C(=C\C)C1=C(N2CC(C)C(F)C2)C2=NC(NC3CCOCC3F)NN2C=N1. The molecule has 4 rings (SSSR count). The zero-order valence-electron chi connectivity index (χ0n) is 16.8. The molecule has 5 atom stereocenters. The van der Waals surface area contributed by atoms with Crippen LogP contribution in [0.1, 0.15) is 20.3 Å². The molecule has 5 unspecified atom stereocenters. The summed E-state index contributed by atoms with van der Waals surface area (Å²) >= 11 is 0. The van der Waals surface area contributed by atoms with E-state index in [-0.39, 0.29) is 18.6 Å². The number of nitrogens with one attached hydrogen (secondary N) is 2. The fourth-order valence-electron chi connectivity index (χ4n) is 4.08. The third-order valence-electron chi connectivity index (χ3n) is 5.78. The normalized spacial score (nSPS) is 35.2. The maximum absolute atomic E-state index is 14.3. The van der Waals surface area contributed by atoms with Gasteiger partial charge in [-0.05, 0) is 18.9 Å². The summed E-state index contributed by atoms with van der Waals surface area (Å²) in [5.41, 5.74) is 5.54. The van der Waals surface area contributed by atoms with Gasteiger partial charge < -0.3 is 9.64 Å². The number of hydrogen-bond donors (Lipinski definition) is 2. The third-order valence-corrected chi connectivity index (χ3v) is 5.78. The maximum atomic E-state index is 14.3. The molecule has 2 saturated heterocycles. The molecule has 0 saturated carbocycles. The van der Waals surface area contributed by atoms with Gasteiger partial charge in [0.2, 0.25) is 0 Å². The molecule has 158 valence electrons. The molecular weight excluding hydrogens is 378 g/mol. The Balaban J connectivity index is 1.65. The van der Waals surface area contributed by atoms with E-state index in [0.717, 1.165) is 17.0 Å². The number of aliphatic imine (C=N–C) groups is 2. The predicted molar refractivity (Wildman–Crippen MR) is 109 cm³/mol. The Kier molecular flexibility index (Phi) is 5.80. The fourth-order valence-corrected chi connectivity index (χ4v) is 4.08. The van der Waals surface area contributed by atoms with Crippen LogP contribution in [0.3, 0.4) is 0 Å². The van der Waals surface area contributed by atoms with Crippen molar-refractivity contribution in [3.63, 3.8) is 0 Å². The van der Waals surface area contributed by atoms with E-state index in [9.17, 15) is 8.78 Å². The molecule has 0 aliphatic carbocycles. The summed E-state index contributed by atoms with van der Waals surface area (Å²) < 4.78 is 33.6. The number of alkyl halides is 2. The summed E-state index contributed by atoms with van der Waals surface area (Å²) in [6.07, 6.45) is 3.42. The van der Waals surface area contributed by atoms with Crippen LogP contribution >= 0.6 is 0 Å². The molecule has 9 heteroatoms. The van der Waals surface area contributed by atoms with E-state index in [1.165, 1.54) is 0 Å². The molecule has 0 radical (unpaired) electrons. The molecule has 0 bridgehead atoms. The van der Waals surface area contributed by atoms with Crippen molar-refractivity contribution in [3.05, 3.63) is 35.7 Å². The van der Waals surface area contributed by atoms with Gasteiger partial charge in [0.15, 0.2) is 12.1 Å². The third kappa shape index (κ3) is 3.86. The van der Waals surface area contributed by atoms with Gasteiger partial charge >= 0.3 is 0 Å². The quantitative estimate of drug-likeness (QED) is 0.683. The van der Waals surface area contributed by atoms with Crippen LogP contribution in [0.2, 0.25) is 0 Å². The summed E-state index contributed by atoms with van der Waals surface area (Å²) in [6, 6.07) is -0.336. The van der Waals surface area contributed by atoms with Crippen LogP contribution in [0.5, 0.6) is 0 Å². The molecule has 0 spiro atoms. The Hall–Kier alpha value is -2.10. The van der Waals surface area contributed by atoms with Crippen molar-refractivity contribution in [2.45, 2.75) is 44.9 Å². The summed E-state index contributed by atoms with van der Waals surface area (Å²) in [5, 5.41) is 4.94. The number of ether oxygens (including phenoxy) is 1. The summed E-state index contributed by atoms with van der Waals surface area (Å²) in [4.78, 5) is 11.3. The van der Waals surface area contributed by atoms with E-state index in [1.807, 2.05) is 24.8 Å². The van der Waals surface area contributed by atoms with Crippen molar-refractivity contribution in [2.24, 2.45) is 15.9 Å². The maximum Gasteiger partial charge on any atom is 0.173 e. The Morgan fingerprint density at radius 1 is 1.38 bits per heavy atom. The second-order valence-corrected chi connectivity index (χ2v) is 7.80. The van der Waals surface area contributed by atoms with E-state index in [2.05, 4.69) is 22.3 Å². The number of allylic oxidation sites excluding steroid dienone is 2. The highest BCUT2D eigenvalue weighted by Crippen LogP contribution is 2.32. The second kappa shape index (κ2) is 8.33. The molecule has 0 amide bonds. The highest BCUT2D eigenvalue weighted by molar-refractivity contribution is 6.07. The number of halogens is 2. The van der Waals surface area contributed by atoms with Crippen LogP contribution < -0.4 is 10.7 Å². The van der Waals surface area contributed by atoms with Crippen LogP contribution in [0, 0.1) is 5.92 Å². The van der Waals surface area contributed by atoms with Gasteiger partial charge in [0, 0.05) is 31.7 Å². The van der Waals surface area contributed by atoms with Crippen LogP contribution in [0.15, 0.2) is 45.7 Å². The lowest BCUT2D eigenvalue weighted by molar-refractivity contribution is 0.00950. The first-order valence-corrected chi connectivity index (χ1v) is 10.1. The molecule has 2 fully saturated rings. The van der Waals surface area contributed by atoms with Crippen LogP contribution in [0.4, 0.5) is 8.78 Å². The molecule has 29 heavy (non-hydrogen) atoms. The zero-order chi connectivity index (χ0) is 20.5. The lowest BCUT2D eigenvalue weighted by Crippen LogP contribution is -2.54. The van der Waals surface area contributed by atoms with E-state index in [1.54, 1.807) is 17.4 Å². The molecular formula is C20H28F2N6O. The fraction of sp³-hybridized carbons (Fsp3) is 0.600. The average Bonchev–Trinajstić information content (AvgIpc) is 3.27. The topological polar surface area (TPSA) is 64.5 Å². The van der Waals surface area contributed by atoms with Gasteiger partial charge in [-0.2, -0.15) is 5.43 Å². The molecule has 0 aromatic carbocycles. The largest absolute Gasteiger partial charge is 0.378 e. The molecule has 2 N–H and O–H groups in total. The van der Waals surface area contributed by atoms with E-state index < -0.39 is 18.6 Å². The zero-order valence-corrected chi connectivity index (χ0v) is 16.8. The van der Waals surface area contributed by atoms with Gasteiger partial charge in [0.1, 0.15) is 24.4 Å². The Morgan fingerprint density at radius 3 is 2.86 bits per heavy atom. The highest BCUT2D eigenvalue weighted by atomic mass is 19.1. The molecule has 4 aliphatic heterocycles. The monoisotopic (exact) mass is 406 g/mol. The lowest BCUT2D eigenvalue weighted by atomic mass is 10.1. The standard InChI is InChI=1S/C20H28F2N6O/c1-4-13(5-2)17-18(27-8-12(3)14(21)9-27)19-25-20(26-28(19)11-23-17)24-16-6-7-29-10-15(16)22/h4-5,11-12,14-16,20,24,26H,1,6-10H2,2-3H3/b13-5+. The number of hydrazine groups is 1. The number of rotatable bonds is 5. The lowest BCUT2D eigenvalue weighted by Gasteiger charge is -2.30. The number of fused-ring (bicyclic) bond motifs is 1. The minimum Gasteiger partial charge on any atom is -0.378 e. The van der Waals surface area contributed by atoms with Crippen molar-refractivity contribution in [2.75, 3.05) is 26.3 Å². The van der Waals surface area contributed by atoms with Crippen LogP contribution in [-0.4, -0.2) is 73.1 Å². The molecule has 4 heterocycles. The van der Waals surface area contributed by atoms with Crippen molar-refractivity contribution in [1.29, 1.82) is 0 Å². The minimum atomic E-state index is -1.08. The van der Waals surface area contributed by atoms with Gasteiger partial charge in [0.25, 0.3) is 0 Å². The van der Waals surface area contributed by atoms with E-state index in [4.69, 9.17) is 9.73 Å². The van der Waals surface area contributed by atoms with Gasteiger partial charge in [-0.1, -0.05) is 25.7 Å². The first kappa shape index (κ1) is 20.2. The van der Waals surface area contributed by atoms with Crippen molar-refractivity contribution in [1.82, 2.24) is 20.7 Å². The van der Waals surface area contributed by atoms with Crippen LogP contribution in [-0.2, 0) is 4.74 Å². The van der Waals surface area contributed by atoms with Gasteiger partial charge in [-0.25, -0.2) is 23.8 Å². The highest BCUT2D eigenvalue weighted by Gasteiger charge is 2.40. The van der Waals surface area contributed by atoms with E-state index >= 15 is 0 Å². The number of amidine groups is 1. The Morgan fingerprint density at radius 2 is 2.21 bits per heavy atom. The smallest absolute Gasteiger partial charge is 0.173 e.